The molecule has 1 aliphatic rings. The molecule has 0 aliphatic carbocycles. The quantitative estimate of drug-likeness (QED) is 0.610. The number of rotatable bonds is 4. The number of thioether (sulfide) groups is 1. The highest BCUT2D eigenvalue weighted by molar-refractivity contribution is 7.98. The van der Waals surface area contributed by atoms with Crippen LogP contribution in [-0.4, -0.2) is 43.7 Å². The van der Waals surface area contributed by atoms with Crippen molar-refractivity contribution in [3.63, 3.8) is 0 Å². The molecule has 0 radical (unpaired) electrons. The van der Waals surface area contributed by atoms with Crippen molar-refractivity contribution in [1.29, 1.82) is 0 Å². The van der Waals surface area contributed by atoms with Gasteiger partial charge < -0.3 is 4.90 Å². The summed E-state index contributed by atoms with van der Waals surface area (Å²) in [4.78, 5) is 3.65. The molecule has 0 amide bonds. The Labute approximate surface area is 146 Å². The SMILES string of the molecule is CSc1ccc(C=NN2CCN(c3ccc(Cl)cc3)CC2)cc1. The first kappa shape index (κ1) is 16.2. The molecule has 0 unspecified atom stereocenters. The minimum atomic E-state index is 0.782. The summed E-state index contributed by atoms with van der Waals surface area (Å²) in [6.07, 6.45) is 4.03. The molecule has 0 aromatic heterocycles. The number of anilines is 1. The van der Waals surface area contributed by atoms with Crippen molar-refractivity contribution in [2.24, 2.45) is 5.10 Å². The Balaban J connectivity index is 1.54. The third kappa shape index (κ3) is 4.43. The Morgan fingerprint density at radius 1 is 0.957 bits per heavy atom. The zero-order valence-corrected chi connectivity index (χ0v) is 14.7. The van der Waals surface area contributed by atoms with Gasteiger partial charge in [0, 0.05) is 28.7 Å². The fourth-order valence-electron chi connectivity index (χ4n) is 2.56. The van der Waals surface area contributed by atoms with Crippen LogP contribution in [0.3, 0.4) is 0 Å². The molecule has 1 aliphatic heterocycles. The molecule has 0 spiro atoms. The molecule has 5 heteroatoms. The molecule has 2 aromatic carbocycles. The Morgan fingerprint density at radius 3 is 2.22 bits per heavy atom. The second-order valence-electron chi connectivity index (χ2n) is 5.43. The Morgan fingerprint density at radius 2 is 1.61 bits per heavy atom. The monoisotopic (exact) mass is 345 g/mol. The van der Waals surface area contributed by atoms with Gasteiger partial charge in [-0.2, -0.15) is 5.10 Å². The maximum absolute atomic E-state index is 5.95. The predicted molar refractivity (Wildman–Crippen MR) is 101 cm³/mol. The summed E-state index contributed by atoms with van der Waals surface area (Å²) in [6, 6.07) is 16.5. The molecule has 0 bridgehead atoms. The number of hydrogen-bond donors (Lipinski definition) is 0. The minimum absolute atomic E-state index is 0.782. The van der Waals surface area contributed by atoms with E-state index in [1.165, 1.54) is 10.6 Å². The van der Waals surface area contributed by atoms with E-state index in [2.05, 4.69) is 57.7 Å². The second kappa shape index (κ2) is 7.75. The first-order chi connectivity index (χ1) is 11.2. The van der Waals surface area contributed by atoms with Gasteiger partial charge in [0.05, 0.1) is 19.3 Å². The molecule has 0 saturated carbocycles. The lowest BCUT2D eigenvalue weighted by atomic mass is 10.2. The van der Waals surface area contributed by atoms with Crippen molar-refractivity contribution in [1.82, 2.24) is 5.01 Å². The molecule has 1 fully saturated rings. The van der Waals surface area contributed by atoms with Crippen LogP contribution in [-0.2, 0) is 0 Å². The van der Waals surface area contributed by atoms with Crippen molar-refractivity contribution in [2.45, 2.75) is 4.90 Å². The van der Waals surface area contributed by atoms with Crippen molar-refractivity contribution in [3.8, 4) is 0 Å². The van der Waals surface area contributed by atoms with Crippen LogP contribution in [0.5, 0.6) is 0 Å². The van der Waals surface area contributed by atoms with Crippen LogP contribution in [0.2, 0.25) is 5.02 Å². The maximum atomic E-state index is 5.95. The van der Waals surface area contributed by atoms with Gasteiger partial charge in [0.25, 0.3) is 0 Å². The molecule has 1 heterocycles. The van der Waals surface area contributed by atoms with Crippen LogP contribution in [0, 0.1) is 0 Å². The van der Waals surface area contributed by atoms with E-state index in [0.29, 0.717) is 0 Å². The minimum Gasteiger partial charge on any atom is -0.368 e. The summed E-state index contributed by atoms with van der Waals surface area (Å²) in [7, 11) is 0. The van der Waals surface area contributed by atoms with Gasteiger partial charge >= 0.3 is 0 Å². The lowest BCUT2D eigenvalue weighted by molar-refractivity contribution is 0.272. The Hall–Kier alpha value is -1.65. The highest BCUT2D eigenvalue weighted by atomic mass is 35.5. The van der Waals surface area contributed by atoms with Crippen LogP contribution in [0.15, 0.2) is 58.5 Å². The number of nitrogens with zero attached hydrogens (tertiary/aromatic N) is 3. The molecule has 23 heavy (non-hydrogen) atoms. The molecule has 2 aromatic rings. The van der Waals surface area contributed by atoms with E-state index >= 15 is 0 Å². The van der Waals surface area contributed by atoms with Gasteiger partial charge in [-0.25, -0.2) is 0 Å². The standard InChI is InChI=1S/C18H20ClN3S/c1-23-18-8-2-15(3-9-18)14-20-22-12-10-21(11-13-22)17-6-4-16(19)5-7-17/h2-9,14H,10-13H2,1H3. The number of halogens is 1. The topological polar surface area (TPSA) is 18.8 Å². The number of hydrogen-bond acceptors (Lipinski definition) is 4. The van der Waals surface area contributed by atoms with Crippen LogP contribution >= 0.6 is 23.4 Å². The average molecular weight is 346 g/mol. The molecule has 0 atom stereocenters. The van der Waals surface area contributed by atoms with E-state index in [0.717, 1.165) is 36.8 Å². The highest BCUT2D eigenvalue weighted by Gasteiger charge is 2.15. The summed E-state index contributed by atoms with van der Waals surface area (Å²) in [5, 5.41) is 7.52. The number of hydrazone groups is 1. The van der Waals surface area contributed by atoms with E-state index in [1.807, 2.05) is 18.3 Å². The van der Waals surface area contributed by atoms with Gasteiger partial charge in [0.15, 0.2) is 0 Å². The van der Waals surface area contributed by atoms with Crippen molar-refractivity contribution in [3.05, 3.63) is 59.1 Å². The zero-order chi connectivity index (χ0) is 16.1. The first-order valence-corrected chi connectivity index (χ1v) is 9.28. The molecule has 3 rings (SSSR count). The van der Waals surface area contributed by atoms with Crippen LogP contribution in [0.4, 0.5) is 5.69 Å². The summed E-state index contributed by atoms with van der Waals surface area (Å²) in [6.45, 7) is 3.82. The predicted octanol–water partition coefficient (Wildman–Crippen LogP) is 4.22. The average Bonchev–Trinajstić information content (AvgIpc) is 2.61. The molecular formula is C18H20ClN3S. The molecule has 1 saturated heterocycles. The largest absolute Gasteiger partial charge is 0.368 e. The van der Waals surface area contributed by atoms with Gasteiger partial charge in [-0.05, 0) is 48.2 Å². The fraction of sp³-hybridized carbons (Fsp3) is 0.278. The summed E-state index contributed by atoms with van der Waals surface area (Å²) >= 11 is 7.70. The van der Waals surface area contributed by atoms with Gasteiger partial charge in [-0.3, -0.25) is 5.01 Å². The van der Waals surface area contributed by atoms with Gasteiger partial charge in [-0.15, -0.1) is 11.8 Å². The molecular weight excluding hydrogens is 326 g/mol. The van der Waals surface area contributed by atoms with Crippen LogP contribution in [0.1, 0.15) is 5.56 Å². The van der Waals surface area contributed by atoms with E-state index in [1.54, 1.807) is 11.8 Å². The first-order valence-electron chi connectivity index (χ1n) is 7.68. The summed E-state index contributed by atoms with van der Waals surface area (Å²) < 4.78 is 0. The van der Waals surface area contributed by atoms with Crippen LogP contribution < -0.4 is 4.90 Å². The summed E-state index contributed by atoms with van der Waals surface area (Å²) in [5.41, 5.74) is 2.37. The van der Waals surface area contributed by atoms with Crippen LogP contribution in [0.25, 0.3) is 0 Å². The summed E-state index contributed by atoms with van der Waals surface area (Å²) in [5.74, 6) is 0. The van der Waals surface area contributed by atoms with Crippen molar-refractivity contribution in [2.75, 3.05) is 37.3 Å². The van der Waals surface area contributed by atoms with Gasteiger partial charge in [0.1, 0.15) is 0 Å². The Bertz CT molecular complexity index is 647. The van der Waals surface area contributed by atoms with E-state index < -0.39 is 0 Å². The lowest BCUT2D eigenvalue weighted by Gasteiger charge is -2.34. The van der Waals surface area contributed by atoms with E-state index in [-0.39, 0.29) is 0 Å². The second-order valence-corrected chi connectivity index (χ2v) is 6.75. The smallest absolute Gasteiger partial charge is 0.0542 e. The normalized spacial score (nSPS) is 15.4. The fourth-order valence-corrected chi connectivity index (χ4v) is 3.09. The third-order valence-electron chi connectivity index (χ3n) is 3.93. The van der Waals surface area contributed by atoms with Crippen molar-refractivity contribution < 1.29 is 0 Å². The third-order valence-corrected chi connectivity index (χ3v) is 4.93. The number of benzene rings is 2. The highest BCUT2D eigenvalue weighted by Crippen LogP contribution is 2.19. The van der Waals surface area contributed by atoms with E-state index in [9.17, 15) is 0 Å². The lowest BCUT2D eigenvalue weighted by Crippen LogP contribution is -2.44. The van der Waals surface area contributed by atoms with Crippen molar-refractivity contribution >= 4 is 35.3 Å². The van der Waals surface area contributed by atoms with Gasteiger partial charge in [-0.1, -0.05) is 23.7 Å². The van der Waals surface area contributed by atoms with Gasteiger partial charge in [0.2, 0.25) is 0 Å². The Kier molecular flexibility index (Phi) is 5.47. The molecule has 0 N–H and O–H groups in total. The maximum Gasteiger partial charge on any atom is 0.0542 e. The molecule has 3 nitrogen and oxygen atoms in total. The zero-order valence-electron chi connectivity index (χ0n) is 13.2. The molecule has 120 valence electrons. The number of piperazine rings is 1. The van der Waals surface area contributed by atoms with E-state index in [4.69, 9.17) is 11.6 Å².